The zero-order chi connectivity index (χ0) is 25.8. The van der Waals surface area contributed by atoms with Gasteiger partial charge in [-0.2, -0.15) is 8.42 Å². The maximum absolute atomic E-state index is 11.2. The van der Waals surface area contributed by atoms with Crippen LogP contribution in [0.4, 0.5) is 0 Å². The quantitative estimate of drug-likeness (QED) is 0.0818. The van der Waals surface area contributed by atoms with E-state index in [1.54, 1.807) is 0 Å². The Kier molecular flexibility index (Phi) is 19.9. The average Bonchev–Trinajstić information content (AvgIpc) is 2.75. The lowest BCUT2D eigenvalue weighted by Gasteiger charge is -2.38. The van der Waals surface area contributed by atoms with Crippen LogP contribution in [0, 0.1) is 0 Å². The lowest BCUT2D eigenvalue weighted by Crippen LogP contribution is -2.54. The van der Waals surface area contributed by atoms with Gasteiger partial charge in [-0.25, -0.2) is 0 Å². The van der Waals surface area contributed by atoms with Crippen LogP contribution in [0.1, 0.15) is 123 Å². The molecule has 5 nitrogen and oxygen atoms in total. The van der Waals surface area contributed by atoms with E-state index in [0.29, 0.717) is 6.42 Å². The molecular formula is C28H62N2O3S+2. The van der Waals surface area contributed by atoms with Gasteiger partial charge >= 0.3 is 0 Å². The molecule has 1 atom stereocenters. The van der Waals surface area contributed by atoms with E-state index in [9.17, 15) is 13.0 Å². The molecule has 0 aromatic carbocycles. The normalized spacial score (nSPS) is 14.4. The molecule has 0 heterocycles. The smallest absolute Gasteiger partial charge is 0.265 e. The third-order valence-corrected chi connectivity index (χ3v) is 8.32. The van der Waals surface area contributed by atoms with Crippen LogP contribution in [0.25, 0.3) is 0 Å². The van der Waals surface area contributed by atoms with Gasteiger partial charge in [0.1, 0.15) is 13.1 Å². The Morgan fingerprint density at radius 1 is 0.500 bits per heavy atom. The van der Waals surface area contributed by atoms with Crippen LogP contribution < -0.4 is 0 Å². The van der Waals surface area contributed by atoms with Gasteiger partial charge in [-0.1, -0.05) is 90.9 Å². The van der Waals surface area contributed by atoms with Gasteiger partial charge in [0.2, 0.25) is 0 Å². The molecule has 0 saturated carbocycles. The fourth-order valence-electron chi connectivity index (χ4n) is 4.89. The molecule has 0 aromatic heterocycles. The minimum Gasteiger partial charge on any atom is -0.324 e. The van der Waals surface area contributed by atoms with Gasteiger partial charge in [-0.3, -0.25) is 4.55 Å². The van der Waals surface area contributed by atoms with E-state index >= 15 is 0 Å². The Hall–Kier alpha value is -0.170. The van der Waals surface area contributed by atoms with Gasteiger partial charge in [0, 0.05) is 6.42 Å². The summed E-state index contributed by atoms with van der Waals surface area (Å²) >= 11 is 0. The Labute approximate surface area is 214 Å². The third-order valence-electron chi connectivity index (χ3n) is 7.51. The molecular weight excluding hydrogens is 444 g/mol. The van der Waals surface area contributed by atoms with E-state index in [-0.39, 0.29) is 5.75 Å². The van der Waals surface area contributed by atoms with Crippen LogP contribution in [0.2, 0.25) is 0 Å². The summed E-state index contributed by atoms with van der Waals surface area (Å²) in [5.41, 5.74) is 0. The number of likely N-dealkylation sites (N-methyl/N-ethyl adjacent to an activating group) is 2. The standard InChI is InChI=1S/C28H61N2O3S/c1-6-8-10-12-14-16-18-20-23-29(3,4)26-27-30(5,25-22-28-34(31,32)33)24-21-19-17-15-13-11-9-7-2/h6-28H2,1-5H3/q+1/p+1. The molecule has 0 aromatic rings. The number of unbranched alkanes of at least 4 members (excludes halogenated alkanes) is 14. The maximum Gasteiger partial charge on any atom is 0.265 e. The molecule has 0 bridgehead atoms. The summed E-state index contributed by atoms with van der Waals surface area (Å²) in [4.78, 5) is 0. The highest BCUT2D eigenvalue weighted by Crippen LogP contribution is 2.15. The highest BCUT2D eigenvalue weighted by molar-refractivity contribution is 7.85. The van der Waals surface area contributed by atoms with Gasteiger partial charge in [0.05, 0.1) is 46.5 Å². The zero-order valence-corrected chi connectivity index (χ0v) is 24.6. The van der Waals surface area contributed by atoms with Gasteiger partial charge in [-0.15, -0.1) is 0 Å². The van der Waals surface area contributed by atoms with Gasteiger partial charge in [0.15, 0.2) is 0 Å². The summed E-state index contributed by atoms with van der Waals surface area (Å²) in [6.07, 6.45) is 21.9. The maximum atomic E-state index is 11.2. The molecule has 0 fully saturated rings. The predicted octanol–water partition coefficient (Wildman–Crippen LogP) is 7.07. The van der Waals surface area contributed by atoms with Crippen LogP contribution in [0.5, 0.6) is 0 Å². The van der Waals surface area contributed by atoms with Crippen molar-refractivity contribution in [1.29, 1.82) is 0 Å². The zero-order valence-electron chi connectivity index (χ0n) is 23.8. The summed E-state index contributed by atoms with van der Waals surface area (Å²) < 4.78 is 33.6. The number of hydrogen-bond donors (Lipinski definition) is 1. The molecule has 0 aliphatic heterocycles. The predicted molar refractivity (Wildman–Crippen MR) is 149 cm³/mol. The molecule has 0 saturated heterocycles. The Morgan fingerprint density at radius 3 is 1.32 bits per heavy atom. The van der Waals surface area contributed by atoms with Crippen molar-refractivity contribution in [2.75, 3.05) is 59.6 Å². The molecule has 0 spiro atoms. The van der Waals surface area contributed by atoms with E-state index in [0.717, 1.165) is 35.1 Å². The molecule has 34 heavy (non-hydrogen) atoms. The minimum absolute atomic E-state index is 0.116. The first-order valence-corrected chi connectivity index (χ1v) is 16.3. The lowest BCUT2D eigenvalue weighted by molar-refractivity contribution is -0.955. The molecule has 0 aliphatic rings. The van der Waals surface area contributed by atoms with Gasteiger partial charge < -0.3 is 8.97 Å². The molecule has 6 heteroatoms. The highest BCUT2D eigenvalue weighted by atomic mass is 32.2. The van der Waals surface area contributed by atoms with Crippen LogP contribution in [0.3, 0.4) is 0 Å². The van der Waals surface area contributed by atoms with Crippen molar-refractivity contribution in [2.45, 2.75) is 123 Å². The lowest BCUT2D eigenvalue weighted by atomic mass is 10.1. The first-order chi connectivity index (χ1) is 16.0. The van der Waals surface area contributed by atoms with Crippen molar-refractivity contribution in [2.24, 2.45) is 0 Å². The van der Waals surface area contributed by atoms with Crippen molar-refractivity contribution in [3.8, 4) is 0 Å². The Balaban J connectivity index is 4.40. The molecule has 0 radical (unpaired) electrons. The van der Waals surface area contributed by atoms with E-state index in [4.69, 9.17) is 0 Å². The van der Waals surface area contributed by atoms with Crippen LogP contribution in [0.15, 0.2) is 0 Å². The van der Waals surface area contributed by atoms with Gasteiger partial charge in [-0.05, 0) is 25.7 Å². The van der Waals surface area contributed by atoms with Crippen molar-refractivity contribution in [1.82, 2.24) is 0 Å². The fourth-order valence-corrected chi connectivity index (χ4v) is 5.38. The average molecular weight is 507 g/mol. The largest absolute Gasteiger partial charge is 0.324 e. The minimum atomic E-state index is -3.87. The number of nitrogens with zero attached hydrogens (tertiary/aromatic N) is 2. The molecule has 1 N–H and O–H groups in total. The van der Waals surface area contributed by atoms with E-state index in [1.807, 2.05) is 0 Å². The first-order valence-electron chi connectivity index (χ1n) is 14.6. The highest BCUT2D eigenvalue weighted by Gasteiger charge is 2.26. The number of rotatable bonds is 25. The summed E-state index contributed by atoms with van der Waals surface area (Å²) in [7, 11) is 3.12. The number of hydrogen-bond acceptors (Lipinski definition) is 2. The summed E-state index contributed by atoms with van der Waals surface area (Å²) in [6, 6.07) is 0. The summed E-state index contributed by atoms with van der Waals surface area (Å²) in [5.74, 6) is -0.116. The second-order valence-corrected chi connectivity index (χ2v) is 13.3. The van der Waals surface area contributed by atoms with E-state index < -0.39 is 10.1 Å². The second kappa shape index (κ2) is 20.0. The van der Waals surface area contributed by atoms with Crippen LogP contribution in [-0.4, -0.2) is 81.6 Å². The van der Waals surface area contributed by atoms with Crippen molar-refractivity contribution in [3.05, 3.63) is 0 Å². The first kappa shape index (κ1) is 33.8. The SMILES string of the molecule is CCCCCCCCCC[N+](C)(C)CC[N+](C)(CCCCCCCCCC)CCCS(=O)(=O)O. The number of quaternary nitrogens is 2. The topological polar surface area (TPSA) is 54.4 Å². The van der Waals surface area contributed by atoms with Crippen LogP contribution in [-0.2, 0) is 10.1 Å². The fraction of sp³-hybridized carbons (Fsp3) is 1.00. The Morgan fingerprint density at radius 2 is 0.882 bits per heavy atom. The van der Waals surface area contributed by atoms with Crippen molar-refractivity contribution >= 4 is 10.1 Å². The molecule has 0 rings (SSSR count). The van der Waals surface area contributed by atoms with Crippen LogP contribution >= 0.6 is 0 Å². The van der Waals surface area contributed by atoms with E-state index in [1.165, 1.54) is 109 Å². The van der Waals surface area contributed by atoms with Crippen molar-refractivity contribution in [3.63, 3.8) is 0 Å². The second-order valence-electron chi connectivity index (χ2n) is 11.8. The monoisotopic (exact) mass is 506 g/mol. The molecule has 1 unspecified atom stereocenters. The molecule has 0 aliphatic carbocycles. The molecule has 206 valence electrons. The third kappa shape index (κ3) is 22.3. The summed E-state index contributed by atoms with van der Waals surface area (Å²) in [6.45, 7) is 9.89. The summed E-state index contributed by atoms with van der Waals surface area (Å²) in [5, 5.41) is 0. The van der Waals surface area contributed by atoms with Crippen molar-refractivity contribution < 1.29 is 21.9 Å². The van der Waals surface area contributed by atoms with Gasteiger partial charge in [0.25, 0.3) is 10.1 Å². The van der Waals surface area contributed by atoms with E-state index in [2.05, 4.69) is 35.0 Å². The Bertz CT molecular complexity index is 566. The molecule has 0 amide bonds.